The van der Waals surface area contributed by atoms with Crippen LogP contribution in [0, 0.1) is 6.92 Å². The summed E-state index contributed by atoms with van der Waals surface area (Å²) >= 11 is 1.58. The van der Waals surface area contributed by atoms with Crippen molar-refractivity contribution in [3.63, 3.8) is 0 Å². The van der Waals surface area contributed by atoms with Crippen LogP contribution in [0.2, 0.25) is 0 Å². The minimum Gasteiger partial charge on any atom is -0.444 e. The van der Waals surface area contributed by atoms with Crippen LogP contribution in [0.3, 0.4) is 0 Å². The van der Waals surface area contributed by atoms with E-state index in [0.717, 1.165) is 10.7 Å². The van der Waals surface area contributed by atoms with Gasteiger partial charge in [0.1, 0.15) is 5.60 Å². The number of carbonyl (C=O) groups excluding carboxylic acids is 1. The molecule has 1 heterocycles. The molecule has 0 fully saturated rings. The normalized spacial score (nSPS) is 13.2. The molecule has 3 N–H and O–H groups in total. The van der Waals surface area contributed by atoms with Gasteiger partial charge < -0.3 is 15.8 Å². The molecule has 1 aromatic heterocycles. The average Bonchev–Trinajstić information content (AvgIpc) is 2.63. The van der Waals surface area contributed by atoms with Crippen LogP contribution in [0.5, 0.6) is 0 Å². The first-order valence-corrected chi connectivity index (χ1v) is 6.78. The van der Waals surface area contributed by atoms with Crippen molar-refractivity contribution in [1.82, 2.24) is 10.3 Å². The van der Waals surface area contributed by atoms with Crippen molar-refractivity contribution in [3.8, 4) is 0 Å². The lowest BCUT2D eigenvalue weighted by Gasteiger charge is -2.21. The number of hydrogen-bond donors (Lipinski definition) is 2. The zero-order valence-corrected chi connectivity index (χ0v) is 12.1. The molecule has 1 unspecified atom stereocenters. The number of hydrogen-bond acceptors (Lipinski definition) is 5. The number of ether oxygens (including phenoxy) is 1. The van der Waals surface area contributed by atoms with Crippen LogP contribution in [0.1, 0.15) is 37.4 Å². The topological polar surface area (TPSA) is 77.2 Å². The van der Waals surface area contributed by atoms with Crippen LogP contribution in [-0.4, -0.2) is 29.8 Å². The number of aryl methyl sites for hydroxylation is 1. The Morgan fingerprint density at radius 3 is 2.72 bits per heavy atom. The molecule has 0 aromatic carbocycles. The monoisotopic (exact) mass is 271 g/mol. The Hall–Kier alpha value is -1.14. The van der Waals surface area contributed by atoms with E-state index in [4.69, 9.17) is 10.5 Å². The zero-order chi connectivity index (χ0) is 13.8. The van der Waals surface area contributed by atoms with Gasteiger partial charge >= 0.3 is 6.09 Å². The van der Waals surface area contributed by atoms with Gasteiger partial charge in [0.2, 0.25) is 0 Å². The molecule has 102 valence electrons. The number of nitrogens with one attached hydrogen (secondary N) is 1. The van der Waals surface area contributed by atoms with Crippen LogP contribution < -0.4 is 11.1 Å². The standard InChI is InChI=1S/C12H21N3O2S/c1-8-15-10(7-18-8)9(5-13)6-14-11(16)17-12(2,3)4/h7,9H,5-6,13H2,1-4H3,(H,14,16). The molecule has 0 saturated carbocycles. The fourth-order valence-corrected chi connectivity index (χ4v) is 2.09. The predicted molar refractivity (Wildman–Crippen MR) is 72.9 cm³/mol. The molecule has 0 bridgehead atoms. The average molecular weight is 271 g/mol. The highest BCUT2D eigenvalue weighted by atomic mass is 32.1. The van der Waals surface area contributed by atoms with Crippen molar-refractivity contribution < 1.29 is 9.53 Å². The fraction of sp³-hybridized carbons (Fsp3) is 0.667. The molecule has 0 aliphatic heterocycles. The Morgan fingerprint density at radius 1 is 1.61 bits per heavy atom. The van der Waals surface area contributed by atoms with E-state index in [-0.39, 0.29) is 5.92 Å². The van der Waals surface area contributed by atoms with Gasteiger partial charge in [0, 0.05) is 24.4 Å². The number of amides is 1. The second-order valence-electron chi connectivity index (χ2n) is 5.11. The summed E-state index contributed by atoms with van der Waals surface area (Å²) in [5, 5.41) is 5.70. The minimum absolute atomic E-state index is 0.0301. The number of aromatic nitrogens is 1. The highest BCUT2D eigenvalue weighted by Crippen LogP contribution is 2.17. The van der Waals surface area contributed by atoms with Crippen molar-refractivity contribution in [3.05, 3.63) is 16.1 Å². The first-order chi connectivity index (χ1) is 8.31. The molecule has 1 amide bonds. The van der Waals surface area contributed by atoms with Crippen LogP contribution in [0.4, 0.5) is 4.79 Å². The van der Waals surface area contributed by atoms with Crippen molar-refractivity contribution in [2.45, 2.75) is 39.2 Å². The van der Waals surface area contributed by atoms with Crippen LogP contribution in [0.15, 0.2) is 5.38 Å². The van der Waals surface area contributed by atoms with Crippen molar-refractivity contribution in [1.29, 1.82) is 0 Å². The van der Waals surface area contributed by atoms with E-state index in [1.807, 2.05) is 33.1 Å². The summed E-state index contributed by atoms with van der Waals surface area (Å²) in [6.45, 7) is 8.32. The van der Waals surface area contributed by atoms with Gasteiger partial charge in [-0.2, -0.15) is 0 Å². The van der Waals surface area contributed by atoms with Crippen LogP contribution in [-0.2, 0) is 4.74 Å². The number of nitrogens with zero attached hydrogens (tertiary/aromatic N) is 1. The maximum atomic E-state index is 11.5. The molecule has 5 nitrogen and oxygen atoms in total. The summed E-state index contributed by atoms with van der Waals surface area (Å²) in [6.07, 6.45) is -0.423. The van der Waals surface area contributed by atoms with E-state index in [2.05, 4.69) is 10.3 Å². The lowest BCUT2D eigenvalue weighted by molar-refractivity contribution is 0.0524. The maximum absolute atomic E-state index is 11.5. The lowest BCUT2D eigenvalue weighted by atomic mass is 10.1. The quantitative estimate of drug-likeness (QED) is 0.878. The van der Waals surface area contributed by atoms with E-state index < -0.39 is 11.7 Å². The number of carbonyl (C=O) groups is 1. The smallest absolute Gasteiger partial charge is 0.407 e. The van der Waals surface area contributed by atoms with E-state index in [1.165, 1.54) is 0 Å². The highest BCUT2D eigenvalue weighted by Gasteiger charge is 2.18. The first-order valence-electron chi connectivity index (χ1n) is 5.91. The summed E-state index contributed by atoms with van der Waals surface area (Å²) in [5.74, 6) is 0.0301. The van der Waals surface area contributed by atoms with Gasteiger partial charge in [-0.1, -0.05) is 0 Å². The number of alkyl carbamates (subject to hydrolysis) is 1. The van der Waals surface area contributed by atoms with Gasteiger partial charge in [-0.15, -0.1) is 11.3 Å². The third-order valence-corrected chi connectivity index (χ3v) is 3.02. The largest absolute Gasteiger partial charge is 0.444 e. The number of nitrogens with two attached hydrogens (primary N) is 1. The van der Waals surface area contributed by atoms with E-state index in [0.29, 0.717) is 13.1 Å². The van der Waals surface area contributed by atoms with Gasteiger partial charge in [0.05, 0.1) is 10.7 Å². The molecule has 1 rings (SSSR count). The summed E-state index contributed by atoms with van der Waals surface area (Å²) in [5.41, 5.74) is 6.14. The first kappa shape index (κ1) is 14.9. The molecule has 0 aliphatic rings. The predicted octanol–water partition coefficient (Wildman–Crippen LogP) is 2.02. The molecule has 1 atom stereocenters. The molecule has 6 heteroatoms. The minimum atomic E-state index is -0.487. The summed E-state index contributed by atoms with van der Waals surface area (Å²) in [6, 6.07) is 0. The molecule has 0 saturated heterocycles. The third kappa shape index (κ3) is 5.01. The Morgan fingerprint density at radius 2 is 2.28 bits per heavy atom. The molecular weight excluding hydrogens is 250 g/mol. The Bertz CT molecular complexity index is 398. The second-order valence-corrected chi connectivity index (χ2v) is 6.17. The van der Waals surface area contributed by atoms with Gasteiger partial charge in [0.15, 0.2) is 0 Å². The van der Waals surface area contributed by atoms with Crippen LogP contribution >= 0.6 is 11.3 Å². The summed E-state index contributed by atoms with van der Waals surface area (Å²) in [7, 11) is 0. The SMILES string of the molecule is Cc1nc(C(CN)CNC(=O)OC(C)(C)C)cs1. The fourth-order valence-electron chi connectivity index (χ4n) is 1.40. The van der Waals surface area contributed by atoms with E-state index >= 15 is 0 Å². The van der Waals surface area contributed by atoms with Crippen molar-refractivity contribution in [2.24, 2.45) is 5.73 Å². The molecule has 0 spiro atoms. The van der Waals surface area contributed by atoms with Gasteiger partial charge in [-0.3, -0.25) is 0 Å². The summed E-state index contributed by atoms with van der Waals surface area (Å²) < 4.78 is 5.17. The molecular formula is C12H21N3O2S. The number of rotatable bonds is 4. The molecule has 18 heavy (non-hydrogen) atoms. The Kier molecular flexibility index (Phi) is 5.10. The molecule has 1 aromatic rings. The third-order valence-electron chi connectivity index (χ3n) is 2.23. The zero-order valence-electron chi connectivity index (χ0n) is 11.3. The summed E-state index contributed by atoms with van der Waals surface area (Å²) in [4.78, 5) is 15.9. The van der Waals surface area contributed by atoms with Crippen molar-refractivity contribution >= 4 is 17.4 Å². The van der Waals surface area contributed by atoms with Gasteiger partial charge in [-0.25, -0.2) is 9.78 Å². The van der Waals surface area contributed by atoms with E-state index in [1.54, 1.807) is 11.3 Å². The lowest BCUT2D eigenvalue weighted by Crippen LogP contribution is -2.36. The molecule has 0 radical (unpaired) electrons. The maximum Gasteiger partial charge on any atom is 0.407 e. The Balaban J connectivity index is 2.48. The van der Waals surface area contributed by atoms with Gasteiger partial charge in [-0.05, 0) is 27.7 Å². The van der Waals surface area contributed by atoms with Gasteiger partial charge in [0.25, 0.3) is 0 Å². The highest BCUT2D eigenvalue weighted by molar-refractivity contribution is 7.09. The van der Waals surface area contributed by atoms with E-state index in [9.17, 15) is 4.79 Å². The Labute approximate surface area is 112 Å². The second kappa shape index (κ2) is 6.15. The van der Waals surface area contributed by atoms with Crippen LogP contribution in [0.25, 0.3) is 0 Å². The molecule has 0 aliphatic carbocycles. The van der Waals surface area contributed by atoms with Crippen molar-refractivity contribution in [2.75, 3.05) is 13.1 Å². The number of thiazole rings is 1.